The highest BCUT2D eigenvalue weighted by molar-refractivity contribution is 8.16. The van der Waals surface area contributed by atoms with Crippen molar-refractivity contribution in [3.05, 3.63) is 24.3 Å². The van der Waals surface area contributed by atoms with Crippen LogP contribution in [0, 0.1) is 0 Å². The molecule has 1 aromatic rings. The standard InChI is InChI=1S/C12H16N2S2/c1-12(2)11(15-8-7-13)14-9-5-3-4-6-10(9)16-12/h3-6H,7-8,13H2,1-2H3. The first kappa shape index (κ1) is 12.0. The lowest BCUT2D eigenvalue weighted by Gasteiger charge is -2.30. The summed E-state index contributed by atoms with van der Waals surface area (Å²) in [5, 5.41) is 1.18. The minimum absolute atomic E-state index is 0.0637. The van der Waals surface area contributed by atoms with Crippen LogP contribution in [0.3, 0.4) is 0 Å². The molecule has 0 saturated heterocycles. The lowest BCUT2D eigenvalue weighted by molar-refractivity contribution is 0.953. The van der Waals surface area contributed by atoms with Gasteiger partial charge in [0.1, 0.15) is 0 Å². The molecule has 4 heteroatoms. The van der Waals surface area contributed by atoms with Crippen molar-refractivity contribution in [2.75, 3.05) is 12.3 Å². The first-order valence-corrected chi connectivity index (χ1v) is 7.14. The number of thioether (sulfide) groups is 2. The molecule has 1 heterocycles. The molecule has 0 bridgehead atoms. The third kappa shape index (κ3) is 2.44. The quantitative estimate of drug-likeness (QED) is 0.877. The average Bonchev–Trinajstić information content (AvgIpc) is 2.25. The van der Waals surface area contributed by atoms with Crippen LogP contribution < -0.4 is 5.73 Å². The maximum atomic E-state index is 5.55. The summed E-state index contributed by atoms with van der Waals surface area (Å²) in [6, 6.07) is 8.30. The van der Waals surface area contributed by atoms with Crippen LogP contribution in [-0.2, 0) is 0 Å². The number of nitrogens with zero attached hydrogens (tertiary/aromatic N) is 1. The lowest BCUT2D eigenvalue weighted by atomic mass is 10.2. The fourth-order valence-electron chi connectivity index (χ4n) is 1.56. The number of para-hydroxylation sites is 1. The Morgan fingerprint density at radius 2 is 2.12 bits per heavy atom. The summed E-state index contributed by atoms with van der Waals surface area (Å²) in [6.07, 6.45) is 0. The monoisotopic (exact) mass is 252 g/mol. The Bertz CT molecular complexity index is 413. The van der Waals surface area contributed by atoms with Gasteiger partial charge in [-0.05, 0) is 26.0 Å². The number of benzene rings is 1. The number of aliphatic imine (C=N–C) groups is 1. The summed E-state index contributed by atoms with van der Waals surface area (Å²) >= 11 is 3.65. The summed E-state index contributed by atoms with van der Waals surface area (Å²) in [5.74, 6) is 0.936. The Morgan fingerprint density at radius 1 is 1.38 bits per heavy atom. The number of hydrogen-bond acceptors (Lipinski definition) is 4. The highest BCUT2D eigenvalue weighted by Gasteiger charge is 2.31. The van der Waals surface area contributed by atoms with Gasteiger partial charge in [0.15, 0.2) is 0 Å². The van der Waals surface area contributed by atoms with Gasteiger partial charge in [0, 0.05) is 17.2 Å². The average molecular weight is 252 g/mol. The summed E-state index contributed by atoms with van der Waals surface area (Å²) in [4.78, 5) is 6.01. The van der Waals surface area contributed by atoms with E-state index in [1.807, 2.05) is 17.8 Å². The Labute approximate surface area is 105 Å². The van der Waals surface area contributed by atoms with E-state index in [0.29, 0.717) is 6.54 Å². The van der Waals surface area contributed by atoms with Crippen LogP contribution in [0.1, 0.15) is 13.8 Å². The number of hydrogen-bond donors (Lipinski definition) is 1. The van der Waals surface area contributed by atoms with E-state index in [4.69, 9.17) is 10.7 Å². The van der Waals surface area contributed by atoms with Crippen LogP contribution >= 0.6 is 23.5 Å². The Kier molecular flexibility index (Phi) is 3.62. The lowest BCUT2D eigenvalue weighted by Crippen LogP contribution is -2.28. The maximum absolute atomic E-state index is 5.55. The zero-order chi connectivity index (χ0) is 11.6. The molecular weight excluding hydrogens is 236 g/mol. The molecule has 2 nitrogen and oxygen atoms in total. The van der Waals surface area contributed by atoms with E-state index in [9.17, 15) is 0 Å². The molecule has 2 N–H and O–H groups in total. The molecule has 1 aliphatic heterocycles. The Morgan fingerprint density at radius 3 is 2.88 bits per heavy atom. The third-order valence-electron chi connectivity index (χ3n) is 2.32. The third-order valence-corrected chi connectivity index (χ3v) is 5.04. The van der Waals surface area contributed by atoms with E-state index in [1.165, 1.54) is 9.94 Å². The molecule has 0 fully saturated rings. The Balaban J connectivity index is 2.32. The van der Waals surface area contributed by atoms with Gasteiger partial charge in [0.25, 0.3) is 0 Å². The molecule has 0 amide bonds. The minimum Gasteiger partial charge on any atom is -0.330 e. The van der Waals surface area contributed by atoms with Gasteiger partial charge in [-0.2, -0.15) is 0 Å². The van der Waals surface area contributed by atoms with Gasteiger partial charge in [0.2, 0.25) is 0 Å². The van der Waals surface area contributed by atoms with Crippen molar-refractivity contribution in [2.24, 2.45) is 10.7 Å². The van der Waals surface area contributed by atoms with Crippen LogP contribution in [0.25, 0.3) is 0 Å². The first-order chi connectivity index (χ1) is 7.63. The van der Waals surface area contributed by atoms with Crippen molar-refractivity contribution < 1.29 is 0 Å². The van der Waals surface area contributed by atoms with Gasteiger partial charge in [-0.15, -0.1) is 23.5 Å². The SMILES string of the molecule is CC1(C)Sc2ccccc2N=C1SCCN. The second-order valence-electron chi connectivity index (χ2n) is 4.13. The van der Waals surface area contributed by atoms with Gasteiger partial charge >= 0.3 is 0 Å². The summed E-state index contributed by atoms with van der Waals surface area (Å²) < 4.78 is 0.0637. The fourth-order valence-corrected chi connectivity index (χ4v) is 3.73. The molecule has 1 aromatic carbocycles. The zero-order valence-electron chi connectivity index (χ0n) is 9.56. The predicted octanol–water partition coefficient (Wildman–Crippen LogP) is 3.29. The van der Waals surface area contributed by atoms with Gasteiger partial charge < -0.3 is 5.73 Å². The van der Waals surface area contributed by atoms with E-state index in [-0.39, 0.29) is 4.75 Å². The summed E-state index contributed by atoms with van der Waals surface area (Å²) in [7, 11) is 0. The van der Waals surface area contributed by atoms with Crippen molar-refractivity contribution in [3.8, 4) is 0 Å². The smallest absolute Gasteiger partial charge is 0.0898 e. The van der Waals surface area contributed by atoms with E-state index >= 15 is 0 Å². The van der Waals surface area contributed by atoms with Crippen molar-refractivity contribution in [1.82, 2.24) is 0 Å². The molecule has 0 spiro atoms. The molecule has 1 aliphatic rings. The second kappa shape index (κ2) is 4.82. The van der Waals surface area contributed by atoms with Crippen LogP contribution in [0.2, 0.25) is 0 Å². The van der Waals surface area contributed by atoms with Crippen LogP contribution in [-0.4, -0.2) is 22.1 Å². The van der Waals surface area contributed by atoms with E-state index in [1.54, 1.807) is 11.8 Å². The molecular formula is C12H16N2S2. The van der Waals surface area contributed by atoms with E-state index < -0.39 is 0 Å². The van der Waals surface area contributed by atoms with E-state index in [2.05, 4.69) is 32.0 Å². The minimum atomic E-state index is 0.0637. The van der Waals surface area contributed by atoms with Gasteiger partial charge in [-0.25, -0.2) is 4.99 Å². The summed E-state index contributed by atoms with van der Waals surface area (Å²) in [5.41, 5.74) is 6.64. The first-order valence-electron chi connectivity index (χ1n) is 5.33. The van der Waals surface area contributed by atoms with Crippen molar-refractivity contribution in [1.29, 1.82) is 0 Å². The molecule has 0 aromatic heterocycles. The topological polar surface area (TPSA) is 38.4 Å². The van der Waals surface area contributed by atoms with Crippen LogP contribution in [0.5, 0.6) is 0 Å². The van der Waals surface area contributed by atoms with Crippen LogP contribution in [0.4, 0.5) is 5.69 Å². The molecule has 0 aliphatic carbocycles. The molecule has 86 valence electrons. The number of fused-ring (bicyclic) bond motifs is 1. The van der Waals surface area contributed by atoms with Crippen molar-refractivity contribution in [3.63, 3.8) is 0 Å². The maximum Gasteiger partial charge on any atom is 0.0898 e. The highest BCUT2D eigenvalue weighted by Crippen LogP contribution is 2.45. The predicted molar refractivity (Wildman–Crippen MR) is 75.0 cm³/mol. The molecule has 0 atom stereocenters. The second-order valence-corrected chi connectivity index (χ2v) is 6.88. The molecule has 0 saturated carbocycles. The van der Waals surface area contributed by atoms with Gasteiger partial charge in [-0.1, -0.05) is 12.1 Å². The molecule has 2 rings (SSSR count). The van der Waals surface area contributed by atoms with Crippen molar-refractivity contribution >= 4 is 34.3 Å². The molecule has 0 radical (unpaired) electrons. The normalized spacial score (nSPS) is 17.8. The Hall–Kier alpha value is -0.450. The summed E-state index contributed by atoms with van der Waals surface area (Å²) in [6.45, 7) is 5.14. The van der Waals surface area contributed by atoms with E-state index in [0.717, 1.165) is 11.4 Å². The number of rotatable bonds is 2. The van der Waals surface area contributed by atoms with Gasteiger partial charge in [0.05, 0.1) is 15.5 Å². The van der Waals surface area contributed by atoms with Gasteiger partial charge in [-0.3, -0.25) is 0 Å². The number of nitrogens with two attached hydrogens (primary N) is 1. The molecule has 0 unspecified atom stereocenters. The fraction of sp³-hybridized carbons (Fsp3) is 0.417. The largest absolute Gasteiger partial charge is 0.330 e. The molecule has 16 heavy (non-hydrogen) atoms. The highest BCUT2D eigenvalue weighted by atomic mass is 32.2. The zero-order valence-corrected chi connectivity index (χ0v) is 11.2. The van der Waals surface area contributed by atoms with Crippen molar-refractivity contribution in [2.45, 2.75) is 23.5 Å². The van der Waals surface area contributed by atoms with Crippen LogP contribution in [0.15, 0.2) is 34.2 Å².